The minimum Gasteiger partial charge on any atom is -0.398 e. The molecule has 0 aliphatic rings. The van der Waals surface area contributed by atoms with Gasteiger partial charge in [-0.2, -0.15) is 0 Å². The highest BCUT2D eigenvalue weighted by Gasteiger charge is 2.13. The highest BCUT2D eigenvalue weighted by molar-refractivity contribution is 6.05. The van der Waals surface area contributed by atoms with Gasteiger partial charge in [0.05, 0.1) is 11.9 Å². The van der Waals surface area contributed by atoms with Crippen molar-refractivity contribution in [2.24, 2.45) is 0 Å². The van der Waals surface area contributed by atoms with Crippen molar-refractivity contribution in [2.75, 3.05) is 11.1 Å². The van der Waals surface area contributed by atoms with Crippen LogP contribution < -0.4 is 11.1 Å². The van der Waals surface area contributed by atoms with Crippen molar-refractivity contribution >= 4 is 17.3 Å². The largest absolute Gasteiger partial charge is 0.398 e. The lowest BCUT2D eigenvalue weighted by atomic mass is 10.0. The van der Waals surface area contributed by atoms with Gasteiger partial charge in [0.25, 0.3) is 5.91 Å². The van der Waals surface area contributed by atoms with Gasteiger partial charge in [-0.15, -0.1) is 0 Å². The topological polar surface area (TPSA) is 68.0 Å². The van der Waals surface area contributed by atoms with E-state index in [-0.39, 0.29) is 5.69 Å². The molecule has 0 aliphatic carbocycles. The smallest absolute Gasteiger partial charge is 0.256 e. The van der Waals surface area contributed by atoms with Crippen molar-refractivity contribution < 1.29 is 9.18 Å². The summed E-state index contributed by atoms with van der Waals surface area (Å²) in [5.74, 6) is -0.970. The fraction of sp³-hybridized carbons (Fsp3) is 0.143. The molecule has 0 saturated carbocycles. The molecule has 1 aromatic carbocycles. The Morgan fingerprint density at radius 2 is 2.05 bits per heavy atom. The molecule has 0 spiro atoms. The van der Waals surface area contributed by atoms with E-state index in [0.717, 1.165) is 17.3 Å². The van der Waals surface area contributed by atoms with Crippen molar-refractivity contribution in [1.29, 1.82) is 0 Å². The molecule has 0 bridgehead atoms. The number of hydrogen-bond acceptors (Lipinski definition) is 3. The van der Waals surface area contributed by atoms with Crippen molar-refractivity contribution in [3.63, 3.8) is 0 Å². The van der Waals surface area contributed by atoms with Crippen LogP contribution in [-0.4, -0.2) is 10.9 Å². The molecule has 0 saturated heterocycles. The zero-order valence-electron chi connectivity index (χ0n) is 10.7. The van der Waals surface area contributed by atoms with E-state index in [1.807, 2.05) is 19.9 Å². The predicted molar refractivity (Wildman–Crippen MR) is 72.5 cm³/mol. The Balaban J connectivity index is 2.31. The molecule has 4 nitrogen and oxygen atoms in total. The number of nitrogens with zero attached hydrogens (tertiary/aromatic N) is 1. The summed E-state index contributed by atoms with van der Waals surface area (Å²) in [5, 5.41) is 2.50. The van der Waals surface area contributed by atoms with Crippen molar-refractivity contribution in [1.82, 2.24) is 4.98 Å². The third-order valence-corrected chi connectivity index (χ3v) is 2.88. The van der Waals surface area contributed by atoms with Crippen LogP contribution in [-0.2, 0) is 0 Å². The van der Waals surface area contributed by atoms with Crippen molar-refractivity contribution in [3.05, 3.63) is 53.1 Å². The van der Waals surface area contributed by atoms with Crippen LogP contribution in [0.25, 0.3) is 0 Å². The second-order valence-electron chi connectivity index (χ2n) is 4.33. The lowest BCUT2D eigenvalue weighted by Gasteiger charge is -2.10. The second kappa shape index (κ2) is 5.06. The summed E-state index contributed by atoms with van der Waals surface area (Å²) in [6.07, 6.45) is 2.46. The summed E-state index contributed by atoms with van der Waals surface area (Å²) in [6.45, 7) is 3.68. The van der Waals surface area contributed by atoms with Gasteiger partial charge >= 0.3 is 0 Å². The number of nitrogens with one attached hydrogen (secondary N) is 1. The average molecular weight is 259 g/mol. The number of carbonyl (C=O) groups is 1. The van der Waals surface area contributed by atoms with Crippen LogP contribution in [0.2, 0.25) is 0 Å². The Labute approximate surface area is 110 Å². The van der Waals surface area contributed by atoms with E-state index >= 15 is 0 Å². The van der Waals surface area contributed by atoms with Gasteiger partial charge in [0.1, 0.15) is 0 Å². The molecule has 0 radical (unpaired) electrons. The van der Waals surface area contributed by atoms with E-state index in [4.69, 9.17) is 5.73 Å². The van der Waals surface area contributed by atoms with Gasteiger partial charge in [-0.25, -0.2) is 4.39 Å². The molecule has 0 aliphatic heterocycles. The highest BCUT2D eigenvalue weighted by atomic mass is 19.1. The van der Waals surface area contributed by atoms with Crippen LogP contribution in [0.3, 0.4) is 0 Å². The van der Waals surface area contributed by atoms with Gasteiger partial charge in [0.15, 0.2) is 5.82 Å². The molecular weight excluding hydrogens is 245 g/mol. The first kappa shape index (κ1) is 13.0. The summed E-state index contributed by atoms with van der Waals surface area (Å²) >= 11 is 0. The first-order valence-electron chi connectivity index (χ1n) is 5.76. The zero-order chi connectivity index (χ0) is 14.0. The molecule has 3 N–H and O–H groups in total. The molecule has 1 aromatic heterocycles. The molecular formula is C14H14FN3O. The molecule has 0 atom stereocenters. The molecule has 5 heteroatoms. The van der Waals surface area contributed by atoms with Crippen LogP contribution in [0, 0.1) is 19.7 Å². The number of aryl methyl sites for hydroxylation is 2. The van der Waals surface area contributed by atoms with Crippen molar-refractivity contribution in [3.8, 4) is 0 Å². The van der Waals surface area contributed by atoms with E-state index in [2.05, 4.69) is 10.3 Å². The molecule has 0 unspecified atom stereocenters. The summed E-state index contributed by atoms with van der Waals surface area (Å²) in [4.78, 5) is 15.7. The van der Waals surface area contributed by atoms with Gasteiger partial charge in [0.2, 0.25) is 0 Å². The van der Waals surface area contributed by atoms with Crippen LogP contribution >= 0.6 is 0 Å². The predicted octanol–water partition coefficient (Wildman–Crippen LogP) is 2.67. The van der Waals surface area contributed by atoms with Gasteiger partial charge in [-0.1, -0.05) is 6.07 Å². The van der Waals surface area contributed by atoms with Gasteiger partial charge in [-0.3, -0.25) is 9.78 Å². The number of hydrogen-bond donors (Lipinski definition) is 2. The maximum atomic E-state index is 13.4. The molecule has 2 aromatic rings. The quantitative estimate of drug-likeness (QED) is 0.815. The maximum Gasteiger partial charge on any atom is 0.256 e. The van der Waals surface area contributed by atoms with Crippen LogP contribution in [0.4, 0.5) is 15.8 Å². The van der Waals surface area contributed by atoms with Gasteiger partial charge in [0, 0.05) is 17.4 Å². The number of nitrogen functional groups attached to an aromatic ring is 1. The lowest BCUT2D eigenvalue weighted by molar-refractivity contribution is 0.102. The Morgan fingerprint density at radius 1 is 1.32 bits per heavy atom. The monoisotopic (exact) mass is 259 g/mol. The first-order chi connectivity index (χ1) is 8.99. The fourth-order valence-electron chi connectivity index (χ4n) is 1.78. The number of aromatic nitrogens is 1. The first-order valence-corrected chi connectivity index (χ1v) is 5.76. The fourth-order valence-corrected chi connectivity index (χ4v) is 1.78. The zero-order valence-corrected chi connectivity index (χ0v) is 10.7. The van der Waals surface area contributed by atoms with Crippen molar-refractivity contribution in [2.45, 2.75) is 13.8 Å². The molecule has 0 fully saturated rings. The summed E-state index contributed by atoms with van der Waals surface area (Å²) in [5.41, 5.74) is 8.54. The maximum absolute atomic E-state index is 13.4. The number of pyridine rings is 1. The Morgan fingerprint density at radius 3 is 2.74 bits per heavy atom. The van der Waals surface area contributed by atoms with Crippen LogP contribution in [0.5, 0.6) is 0 Å². The molecule has 19 heavy (non-hydrogen) atoms. The third kappa shape index (κ3) is 2.70. The molecule has 2 rings (SSSR count). The molecule has 1 amide bonds. The summed E-state index contributed by atoms with van der Waals surface area (Å²) in [6, 6.07) is 4.83. The average Bonchev–Trinajstić information content (AvgIpc) is 2.36. The van der Waals surface area contributed by atoms with E-state index in [1.54, 1.807) is 6.07 Å². The highest BCUT2D eigenvalue weighted by Crippen LogP contribution is 2.20. The Bertz CT molecular complexity index is 641. The number of halogens is 1. The summed E-state index contributed by atoms with van der Waals surface area (Å²) < 4.78 is 13.4. The van der Waals surface area contributed by atoms with E-state index in [9.17, 15) is 9.18 Å². The molecule has 1 heterocycles. The minimum absolute atomic E-state index is 0.0959. The Hall–Kier alpha value is -2.43. The van der Waals surface area contributed by atoms with Crippen LogP contribution in [0.1, 0.15) is 21.5 Å². The van der Waals surface area contributed by atoms with Crippen LogP contribution in [0.15, 0.2) is 30.6 Å². The minimum atomic E-state index is -0.575. The van der Waals surface area contributed by atoms with Gasteiger partial charge in [-0.05, 0) is 37.1 Å². The SMILES string of the molecule is Cc1cc(C)c(C(=O)Nc2ccncc2F)cc1N. The normalized spacial score (nSPS) is 10.3. The number of carbonyl (C=O) groups excluding carboxylic acids is 1. The number of nitrogens with two attached hydrogens (primary N) is 1. The second-order valence-corrected chi connectivity index (χ2v) is 4.33. The summed E-state index contributed by atoms with van der Waals surface area (Å²) in [7, 11) is 0. The van der Waals surface area contributed by atoms with E-state index < -0.39 is 11.7 Å². The standard InChI is InChI=1S/C14H14FN3O/c1-8-5-9(2)12(16)6-10(8)14(19)18-13-3-4-17-7-11(13)15/h3-7H,16H2,1-2H3,(H,17,18,19). The van der Waals surface area contributed by atoms with Gasteiger partial charge < -0.3 is 11.1 Å². The lowest BCUT2D eigenvalue weighted by Crippen LogP contribution is -2.15. The number of rotatable bonds is 2. The number of anilines is 2. The number of benzene rings is 1. The Kier molecular flexibility index (Phi) is 3.46. The number of amides is 1. The van der Waals surface area contributed by atoms with E-state index in [1.165, 1.54) is 12.3 Å². The third-order valence-electron chi connectivity index (χ3n) is 2.88. The molecule has 98 valence electrons. The van der Waals surface area contributed by atoms with E-state index in [0.29, 0.717) is 11.3 Å².